The fourth-order valence-electron chi connectivity index (χ4n) is 1.08. The summed E-state index contributed by atoms with van der Waals surface area (Å²) in [4.78, 5) is 11.6. The molecule has 16 heavy (non-hydrogen) atoms. The molecule has 0 atom stereocenters. The quantitative estimate of drug-likeness (QED) is 0.777. The van der Waals surface area contributed by atoms with Gasteiger partial charge in [-0.2, -0.15) is 0 Å². The summed E-state index contributed by atoms with van der Waals surface area (Å²) in [7, 11) is 0. The highest BCUT2D eigenvalue weighted by atomic mass is 32.1. The van der Waals surface area contributed by atoms with Gasteiger partial charge in [-0.25, -0.2) is 4.39 Å². The van der Waals surface area contributed by atoms with E-state index in [2.05, 4.69) is 15.5 Å². The SMILES string of the molecule is Nc1cc(C(=O)Nc2nncs2)ccc1F. The lowest BCUT2D eigenvalue weighted by Gasteiger charge is -2.02. The number of carbonyl (C=O) groups is 1. The van der Waals surface area contributed by atoms with Gasteiger partial charge in [-0.1, -0.05) is 11.3 Å². The van der Waals surface area contributed by atoms with E-state index in [1.165, 1.54) is 29.0 Å². The first kappa shape index (κ1) is 10.5. The van der Waals surface area contributed by atoms with E-state index in [0.29, 0.717) is 5.13 Å². The summed E-state index contributed by atoms with van der Waals surface area (Å²) in [5.41, 5.74) is 7.05. The van der Waals surface area contributed by atoms with Crippen molar-refractivity contribution in [3.63, 3.8) is 0 Å². The topological polar surface area (TPSA) is 80.9 Å². The Hall–Kier alpha value is -2.02. The molecule has 0 radical (unpaired) electrons. The maximum atomic E-state index is 12.9. The molecule has 7 heteroatoms. The molecule has 0 spiro atoms. The maximum Gasteiger partial charge on any atom is 0.257 e. The van der Waals surface area contributed by atoms with Gasteiger partial charge in [-0.05, 0) is 18.2 Å². The maximum absolute atomic E-state index is 12.9. The molecule has 1 aromatic carbocycles. The standard InChI is InChI=1S/C9H7FN4OS/c10-6-2-1-5(3-7(6)11)8(15)13-9-14-12-4-16-9/h1-4H,11H2,(H,13,14,15). The first-order valence-corrected chi connectivity index (χ1v) is 5.17. The average Bonchev–Trinajstić information content (AvgIpc) is 2.74. The Balaban J connectivity index is 2.18. The Kier molecular flexibility index (Phi) is 2.78. The lowest BCUT2D eigenvalue weighted by molar-refractivity contribution is 0.102. The molecule has 5 nitrogen and oxygen atoms in total. The zero-order valence-electron chi connectivity index (χ0n) is 7.98. The predicted octanol–water partition coefficient (Wildman–Crippen LogP) is 1.51. The third kappa shape index (κ3) is 2.14. The Morgan fingerprint density at radius 1 is 1.50 bits per heavy atom. The van der Waals surface area contributed by atoms with E-state index in [0.717, 1.165) is 6.07 Å². The van der Waals surface area contributed by atoms with Gasteiger partial charge < -0.3 is 5.73 Å². The third-order valence-electron chi connectivity index (χ3n) is 1.84. The molecule has 2 rings (SSSR count). The molecule has 0 bridgehead atoms. The highest BCUT2D eigenvalue weighted by Gasteiger charge is 2.09. The van der Waals surface area contributed by atoms with Crippen molar-refractivity contribution >= 4 is 28.1 Å². The van der Waals surface area contributed by atoms with E-state index in [1.54, 1.807) is 0 Å². The number of aromatic nitrogens is 2. The van der Waals surface area contributed by atoms with Crippen molar-refractivity contribution in [3.8, 4) is 0 Å². The van der Waals surface area contributed by atoms with E-state index in [9.17, 15) is 9.18 Å². The number of halogens is 1. The van der Waals surface area contributed by atoms with Gasteiger partial charge in [0.05, 0.1) is 5.69 Å². The van der Waals surface area contributed by atoms with Crippen LogP contribution in [0.1, 0.15) is 10.4 Å². The molecule has 0 aliphatic carbocycles. The second kappa shape index (κ2) is 4.23. The zero-order valence-corrected chi connectivity index (χ0v) is 8.79. The summed E-state index contributed by atoms with van der Waals surface area (Å²) in [6.07, 6.45) is 0. The second-order valence-corrected chi connectivity index (χ2v) is 3.77. The first-order valence-electron chi connectivity index (χ1n) is 4.29. The molecule has 0 aliphatic heterocycles. The number of rotatable bonds is 2. The van der Waals surface area contributed by atoms with E-state index >= 15 is 0 Å². The predicted molar refractivity (Wildman–Crippen MR) is 58.7 cm³/mol. The number of hydrogen-bond acceptors (Lipinski definition) is 5. The fourth-order valence-corrected chi connectivity index (χ4v) is 1.52. The van der Waals surface area contributed by atoms with Crippen LogP contribution in [-0.4, -0.2) is 16.1 Å². The van der Waals surface area contributed by atoms with Crippen LogP contribution in [0.25, 0.3) is 0 Å². The molecule has 1 amide bonds. The Morgan fingerprint density at radius 2 is 2.31 bits per heavy atom. The molecular formula is C9H7FN4OS. The normalized spacial score (nSPS) is 10.1. The van der Waals surface area contributed by atoms with Gasteiger partial charge in [0.2, 0.25) is 5.13 Å². The van der Waals surface area contributed by atoms with Crippen LogP contribution < -0.4 is 11.1 Å². The lowest BCUT2D eigenvalue weighted by Crippen LogP contribution is -2.12. The number of nitrogen functional groups attached to an aromatic ring is 1. The largest absolute Gasteiger partial charge is 0.396 e. The van der Waals surface area contributed by atoms with Gasteiger partial charge in [-0.15, -0.1) is 10.2 Å². The summed E-state index contributed by atoms with van der Waals surface area (Å²) in [5.74, 6) is -0.948. The van der Waals surface area contributed by atoms with Crippen LogP contribution in [0.2, 0.25) is 0 Å². The number of nitrogens with two attached hydrogens (primary N) is 1. The highest BCUT2D eigenvalue weighted by molar-refractivity contribution is 7.13. The van der Waals surface area contributed by atoms with Crippen LogP contribution in [0.5, 0.6) is 0 Å². The number of hydrogen-bond donors (Lipinski definition) is 2. The van der Waals surface area contributed by atoms with Crippen molar-refractivity contribution in [2.45, 2.75) is 0 Å². The number of benzene rings is 1. The minimum absolute atomic E-state index is 0.0649. The monoisotopic (exact) mass is 238 g/mol. The molecule has 0 saturated heterocycles. The van der Waals surface area contributed by atoms with Gasteiger partial charge in [0, 0.05) is 5.56 Å². The summed E-state index contributed by atoms with van der Waals surface area (Å²) in [6, 6.07) is 3.76. The van der Waals surface area contributed by atoms with E-state index < -0.39 is 11.7 Å². The lowest BCUT2D eigenvalue weighted by atomic mass is 10.2. The molecule has 2 aromatic rings. The molecule has 1 heterocycles. The smallest absolute Gasteiger partial charge is 0.257 e. The van der Waals surface area contributed by atoms with Crippen LogP contribution in [0.3, 0.4) is 0 Å². The van der Waals surface area contributed by atoms with Crippen molar-refractivity contribution in [3.05, 3.63) is 35.1 Å². The first-order chi connectivity index (χ1) is 7.66. The summed E-state index contributed by atoms with van der Waals surface area (Å²) < 4.78 is 12.9. The average molecular weight is 238 g/mol. The molecule has 0 unspecified atom stereocenters. The Bertz CT molecular complexity index is 514. The van der Waals surface area contributed by atoms with Gasteiger partial charge >= 0.3 is 0 Å². The zero-order chi connectivity index (χ0) is 11.5. The highest BCUT2D eigenvalue weighted by Crippen LogP contribution is 2.15. The van der Waals surface area contributed by atoms with Crippen LogP contribution in [-0.2, 0) is 0 Å². The van der Waals surface area contributed by atoms with Gasteiger partial charge in [0.15, 0.2) is 0 Å². The van der Waals surface area contributed by atoms with Gasteiger partial charge in [0.25, 0.3) is 5.91 Å². The van der Waals surface area contributed by atoms with Crippen LogP contribution in [0, 0.1) is 5.82 Å². The molecule has 0 fully saturated rings. The molecular weight excluding hydrogens is 231 g/mol. The van der Waals surface area contributed by atoms with E-state index in [4.69, 9.17) is 5.73 Å². The molecule has 0 saturated carbocycles. The fraction of sp³-hybridized carbons (Fsp3) is 0. The summed E-state index contributed by atoms with van der Waals surface area (Å²) >= 11 is 1.19. The summed E-state index contributed by atoms with van der Waals surface area (Å²) in [5, 5.41) is 10.1. The molecule has 82 valence electrons. The second-order valence-electron chi connectivity index (χ2n) is 2.93. The Morgan fingerprint density at radius 3 is 2.94 bits per heavy atom. The number of carbonyl (C=O) groups excluding carboxylic acids is 1. The number of nitrogens with zero attached hydrogens (tertiary/aromatic N) is 2. The van der Waals surface area contributed by atoms with Crippen molar-refractivity contribution in [1.82, 2.24) is 10.2 Å². The van der Waals surface area contributed by atoms with Crippen molar-refractivity contribution in [1.29, 1.82) is 0 Å². The van der Waals surface area contributed by atoms with Gasteiger partial charge in [-0.3, -0.25) is 10.1 Å². The van der Waals surface area contributed by atoms with E-state index in [-0.39, 0.29) is 11.3 Å². The van der Waals surface area contributed by atoms with Crippen LogP contribution >= 0.6 is 11.3 Å². The molecule has 0 aliphatic rings. The van der Waals surface area contributed by atoms with Crippen LogP contribution in [0.15, 0.2) is 23.7 Å². The minimum Gasteiger partial charge on any atom is -0.396 e. The molecule has 1 aromatic heterocycles. The molecule has 3 N–H and O–H groups in total. The number of nitrogens with one attached hydrogen (secondary N) is 1. The van der Waals surface area contributed by atoms with Crippen molar-refractivity contribution in [2.24, 2.45) is 0 Å². The van der Waals surface area contributed by atoms with Crippen LogP contribution in [0.4, 0.5) is 15.2 Å². The van der Waals surface area contributed by atoms with Crippen molar-refractivity contribution < 1.29 is 9.18 Å². The number of amides is 1. The van der Waals surface area contributed by atoms with Crippen molar-refractivity contribution in [2.75, 3.05) is 11.1 Å². The van der Waals surface area contributed by atoms with Gasteiger partial charge in [0.1, 0.15) is 11.3 Å². The van der Waals surface area contributed by atoms with E-state index in [1.807, 2.05) is 0 Å². The Labute approximate surface area is 94.1 Å². The minimum atomic E-state index is -0.549. The third-order valence-corrected chi connectivity index (χ3v) is 2.45. The number of anilines is 2. The summed E-state index contributed by atoms with van der Waals surface area (Å²) in [6.45, 7) is 0.